The fraction of sp³-hybridized carbons (Fsp3) is 0.167. The maximum Gasteiger partial charge on any atom is 0.314 e. The van der Waals surface area contributed by atoms with Crippen molar-refractivity contribution in [3.63, 3.8) is 0 Å². The molecular formula is C12H11NO3. The third kappa shape index (κ3) is 1.82. The van der Waals surface area contributed by atoms with Crippen molar-refractivity contribution in [2.45, 2.75) is 6.42 Å². The van der Waals surface area contributed by atoms with Crippen LogP contribution in [-0.2, 0) is 4.74 Å². The van der Waals surface area contributed by atoms with E-state index in [1.807, 2.05) is 18.2 Å². The highest BCUT2D eigenvalue weighted by Crippen LogP contribution is 2.29. The highest BCUT2D eigenvalue weighted by molar-refractivity contribution is 5.47. The van der Waals surface area contributed by atoms with Gasteiger partial charge in [0, 0.05) is 12.0 Å². The summed E-state index contributed by atoms with van der Waals surface area (Å²) >= 11 is 0. The number of nitro groups is 1. The number of ether oxygens (including phenoxy) is 1. The van der Waals surface area contributed by atoms with Gasteiger partial charge in [0.15, 0.2) is 5.76 Å². The molecule has 0 aromatic carbocycles. The first-order valence-corrected chi connectivity index (χ1v) is 4.90. The number of hydrogen-bond acceptors (Lipinski definition) is 3. The summed E-state index contributed by atoms with van der Waals surface area (Å²) in [6, 6.07) is 0. The first-order valence-electron chi connectivity index (χ1n) is 4.90. The van der Waals surface area contributed by atoms with E-state index < -0.39 is 4.92 Å². The summed E-state index contributed by atoms with van der Waals surface area (Å²) in [5, 5.41) is 11.0. The molecule has 2 bridgehead atoms. The molecule has 0 aliphatic heterocycles. The molecule has 0 heterocycles. The van der Waals surface area contributed by atoms with Gasteiger partial charge in [0.05, 0.1) is 12.0 Å². The zero-order valence-electron chi connectivity index (χ0n) is 8.84. The molecule has 2 aliphatic carbocycles. The molecule has 0 radical (unpaired) electrons. The molecule has 0 N–H and O–H groups in total. The number of methoxy groups -OCH3 is 1. The molecule has 0 spiro atoms. The van der Waals surface area contributed by atoms with E-state index in [1.165, 1.54) is 7.11 Å². The Morgan fingerprint density at radius 3 is 2.75 bits per heavy atom. The van der Waals surface area contributed by atoms with E-state index in [0.717, 1.165) is 5.57 Å². The zero-order chi connectivity index (χ0) is 11.5. The average molecular weight is 217 g/mol. The maximum atomic E-state index is 11.0. The minimum Gasteiger partial charge on any atom is -0.490 e. The number of fused-ring (bicyclic) bond motifs is 2. The fourth-order valence-electron chi connectivity index (χ4n) is 1.76. The predicted octanol–water partition coefficient (Wildman–Crippen LogP) is 2.50. The summed E-state index contributed by atoms with van der Waals surface area (Å²) in [4.78, 5) is 10.6. The molecule has 0 fully saturated rings. The lowest BCUT2D eigenvalue weighted by atomic mass is 10.1. The highest BCUT2D eigenvalue weighted by atomic mass is 16.6. The van der Waals surface area contributed by atoms with Gasteiger partial charge in [-0.25, -0.2) is 0 Å². The predicted molar refractivity (Wildman–Crippen MR) is 60.1 cm³/mol. The van der Waals surface area contributed by atoms with Crippen LogP contribution in [0, 0.1) is 10.1 Å². The van der Waals surface area contributed by atoms with Crippen LogP contribution in [0.5, 0.6) is 0 Å². The molecule has 2 rings (SSSR count). The van der Waals surface area contributed by atoms with Crippen molar-refractivity contribution in [3.05, 3.63) is 69.2 Å². The van der Waals surface area contributed by atoms with Gasteiger partial charge in [0.1, 0.15) is 0 Å². The van der Waals surface area contributed by atoms with Gasteiger partial charge in [-0.05, 0) is 11.6 Å². The van der Waals surface area contributed by atoms with Crippen LogP contribution in [0.2, 0.25) is 0 Å². The van der Waals surface area contributed by atoms with Crippen molar-refractivity contribution >= 4 is 0 Å². The molecular weight excluding hydrogens is 206 g/mol. The maximum absolute atomic E-state index is 11.0. The van der Waals surface area contributed by atoms with Crippen LogP contribution in [0.15, 0.2) is 59.1 Å². The minimum absolute atomic E-state index is 0.0497. The van der Waals surface area contributed by atoms with Crippen LogP contribution >= 0.6 is 0 Å². The number of rotatable bonds is 2. The SMILES string of the molecule is COC1=C([N+](=O)[O-])C2=CC=CC=C(C=C1)C2. The van der Waals surface area contributed by atoms with Crippen molar-refractivity contribution in [1.29, 1.82) is 0 Å². The second-order valence-corrected chi connectivity index (χ2v) is 3.50. The van der Waals surface area contributed by atoms with Crippen LogP contribution in [0.1, 0.15) is 6.42 Å². The lowest BCUT2D eigenvalue weighted by Crippen LogP contribution is -2.06. The van der Waals surface area contributed by atoms with Crippen molar-refractivity contribution in [2.24, 2.45) is 0 Å². The van der Waals surface area contributed by atoms with Gasteiger partial charge in [-0.1, -0.05) is 30.4 Å². The van der Waals surface area contributed by atoms with Crippen LogP contribution < -0.4 is 0 Å². The molecule has 82 valence electrons. The Hall–Kier alpha value is -2.10. The first-order chi connectivity index (χ1) is 7.72. The Morgan fingerprint density at radius 1 is 1.31 bits per heavy atom. The Balaban J connectivity index is 2.60. The van der Waals surface area contributed by atoms with E-state index in [0.29, 0.717) is 17.8 Å². The van der Waals surface area contributed by atoms with E-state index in [-0.39, 0.29) is 5.70 Å². The lowest BCUT2D eigenvalue weighted by Gasteiger charge is -2.04. The Kier molecular flexibility index (Phi) is 2.72. The standard InChI is InChI=1S/C12H11NO3/c1-16-11-7-6-9-4-2-3-5-10(8-9)12(11)13(14)15/h2-7H,8H2,1H3. The highest BCUT2D eigenvalue weighted by Gasteiger charge is 2.26. The summed E-state index contributed by atoms with van der Waals surface area (Å²) in [6.07, 6.45) is 11.4. The van der Waals surface area contributed by atoms with Gasteiger partial charge in [0.25, 0.3) is 0 Å². The molecule has 0 amide bonds. The molecule has 0 unspecified atom stereocenters. The minimum atomic E-state index is -0.392. The molecule has 4 heteroatoms. The Bertz CT molecular complexity index is 478. The lowest BCUT2D eigenvalue weighted by molar-refractivity contribution is -0.423. The zero-order valence-corrected chi connectivity index (χ0v) is 8.84. The summed E-state index contributed by atoms with van der Waals surface area (Å²) in [7, 11) is 1.44. The number of allylic oxidation sites excluding steroid dienone is 8. The van der Waals surface area contributed by atoms with Gasteiger partial charge in [0.2, 0.25) is 0 Å². The van der Waals surface area contributed by atoms with Crippen molar-refractivity contribution < 1.29 is 9.66 Å². The van der Waals surface area contributed by atoms with E-state index in [9.17, 15) is 10.1 Å². The van der Waals surface area contributed by atoms with Crippen LogP contribution in [0.3, 0.4) is 0 Å². The normalized spacial score (nSPS) is 18.6. The number of hydrogen-bond donors (Lipinski definition) is 0. The third-order valence-corrected chi connectivity index (χ3v) is 2.50. The molecule has 0 aromatic rings. The van der Waals surface area contributed by atoms with E-state index in [4.69, 9.17) is 4.74 Å². The second-order valence-electron chi connectivity index (χ2n) is 3.50. The van der Waals surface area contributed by atoms with Crippen LogP contribution in [-0.4, -0.2) is 12.0 Å². The van der Waals surface area contributed by atoms with Gasteiger partial charge in [-0.15, -0.1) is 0 Å². The van der Waals surface area contributed by atoms with Crippen LogP contribution in [0.4, 0.5) is 0 Å². The van der Waals surface area contributed by atoms with Crippen molar-refractivity contribution in [1.82, 2.24) is 0 Å². The molecule has 0 aromatic heterocycles. The summed E-state index contributed by atoms with van der Waals surface area (Å²) in [6.45, 7) is 0. The van der Waals surface area contributed by atoms with E-state index >= 15 is 0 Å². The van der Waals surface area contributed by atoms with Crippen molar-refractivity contribution in [3.8, 4) is 0 Å². The molecule has 4 nitrogen and oxygen atoms in total. The number of nitrogens with zero attached hydrogens (tertiary/aromatic N) is 1. The molecule has 0 saturated heterocycles. The summed E-state index contributed by atoms with van der Waals surface area (Å²) in [5.41, 5.74) is 1.76. The largest absolute Gasteiger partial charge is 0.490 e. The average Bonchev–Trinajstić information content (AvgIpc) is 2.58. The van der Waals surface area contributed by atoms with Gasteiger partial charge in [-0.2, -0.15) is 0 Å². The smallest absolute Gasteiger partial charge is 0.314 e. The summed E-state index contributed by atoms with van der Waals surface area (Å²) in [5.74, 6) is 0.301. The first kappa shape index (κ1) is 10.4. The van der Waals surface area contributed by atoms with Crippen molar-refractivity contribution in [2.75, 3.05) is 7.11 Å². The van der Waals surface area contributed by atoms with Crippen LogP contribution in [0.25, 0.3) is 0 Å². The van der Waals surface area contributed by atoms with Gasteiger partial charge >= 0.3 is 5.70 Å². The monoisotopic (exact) mass is 217 g/mol. The summed E-state index contributed by atoms with van der Waals surface area (Å²) < 4.78 is 5.05. The van der Waals surface area contributed by atoms with Gasteiger partial charge in [-0.3, -0.25) is 10.1 Å². The fourth-order valence-corrected chi connectivity index (χ4v) is 1.76. The second kappa shape index (κ2) is 4.18. The van der Waals surface area contributed by atoms with E-state index in [2.05, 4.69) is 0 Å². The topological polar surface area (TPSA) is 52.4 Å². The quantitative estimate of drug-likeness (QED) is 0.527. The molecule has 0 saturated carbocycles. The molecule has 0 atom stereocenters. The Labute approximate surface area is 93.1 Å². The van der Waals surface area contributed by atoms with Gasteiger partial charge < -0.3 is 4.74 Å². The third-order valence-electron chi connectivity index (χ3n) is 2.50. The molecule has 16 heavy (non-hydrogen) atoms. The Morgan fingerprint density at radius 2 is 2.06 bits per heavy atom. The van der Waals surface area contributed by atoms with E-state index in [1.54, 1.807) is 18.2 Å². The molecule has 2 aliphatic rings.